The molecule has 1 aromatic rings. The maximum absolute atomic E-state index is 12.4. The predicted molar refractivity (Wildman–Crippen MR) is 84.4 cm³/mol. The van der Waals surface area contributed by atoms with Gasteiger partial charge in [-0.25, -0.2) is 4.79 Å². The van der Waals surface area contributed by atoms with E-state index in [1.54, 1.807) is 6.92 Å². The fourth-order valence-corrected chi connectivity index (χ4v) is 2.88. The molecule has 0 N–H and O–H groups in total. The molecule has 2 atom stereocenters. The van der Waals surface area contributed by atoms with Crippen LogP contribution >= 0.6 is 0 Å². The van der Waals surface area contributed by atoms with E-state index in [0.717, 1.165) is 4.90 Å². The second-order valence-corrected chi connectivity index (χ2v) is 5.49. The molecule has 1 amide bonds. The molecule has 1 aliphatic rings. The summed E-state index contributed by atoms with van der Waals surface area (Å²) in [7, 11) is 0. The average molecular weight is 334 g/mol. The van der Waals surface area contributed by atoms with E-state index < -0.39 is 22.9 Å². The van der Waals surface area contributed by atoms with Crippen LogP contribution < -0.4 is 4.90 Å². The highest BCUT2D eigenvalue weighted by molar-refractivity contribution is 6.04. The fraction of sp³-hybridized carbons (Fsp3) is 0.438. The van der Waals surface area contributed by atoms with Gasteiger partial charge in [-0.2, -0.15) is 0 Å². The molecule has 1 aromatic carbocycles. The summed E-state index contributed by atoms with van der Waals surface area (Å²) in [6, 6.07) is 4.33. The molecule has 1 fully saturated rings. The zero-order valence-electron chi connectivity index (χ0n) is 13.4. The predicted octanol–water partition coefficient (Wildman–Crippen LogP) is 1.86. The van der Waals surface area contributed by atoms with E-state index >= 15 is 0 Å². The van der Waals surface area contributed by atoms with Gasteiger partial charge in [-0.15, -0.1) is 0 Å². The molecule has 8 nitrogen and oxygen atoms in total. The zero-order valence-corrected chi connectivity index (χ0v) is 13.4. The lowest BCUT2D eigenvalue weighted by Gasteiger charge is -2.38. The molecule has 8 heteroatoms. The van der Waals surface area contributed by atoms with Crippen molar-refractivity contribution in [1.29, 1.82) is 0 Å². The lowest BCUT2D eigenvalue weighted by atomic mass is 9.85. The summed E-state index contributed by atoms with van der Waals surface area (Å²) in [6.07, 6.45) is 0.339. The molecule has 0 saturated carbocycles. The van der Waals surface area contributed by atoms with Crippen molar-refractivity contribution in [1.82, 2.24) is 0 Å². The molecular formula is C16H18N2O6. The molecule has 0 unspecified atom stereocenters. The largest absolute Gasteiger partial charge is 0.464 e. The first kappa shape index (κ1) is 17.6. The van der Waals surface area contributed by atoms with Crippen LogP contribution in [0.2, 0.25) is 0 Å². The van der Waals surface area contributed by atoms with Gasteiger partial charge in [0.1, 0.15) is 11.8 Å². The van der Waals surface area contributed by atoms with Gasteiger partial charge in [0.25, 0.3) is 5.69 Å². The Hall–Kier alpha value is -2.77. The van der Waals surface area contributed by atoms with Gasteiger partial charge in [0, 0.05) is 24.5 Å². The van der Waals surface area contributed by atoms with E-state index in [0.29, 0.717) is 0 Å². The number of non-ortho nitro benzene ring substituents is 1. The van der Waals surface area contributed by atoms with Crippen molar-refractivity contribution in [3.63, 3.8) is 0 Å². The van der Waals surface area contributed by atoms with E-state index in [1.165, 1.54) is 31.2 Å². The average Bonchev–Trinajstić information content (AvgIpc) is 2.54. The van der Waals surface area contributed by atoms with Crippen molar-refractivity contribution in [2.75, 3.05) is 11.5 Å². The van der Waals surface area contributed by atoms with Crippen LogP contribution in [0.4, 0.5) is 11.4 Å². The van der Waals surface area contributed by atoms with Gasteiger partial charge in [0.15, 0.2) is 0 Å². The number of ketones is 1. The number of anilines is 1. The van der Waals surface area contributed by atoms with E-state index in [4.69, 9.17) is 4.74 Å². The van der Waals surface area contributed by atoms with Crippen LogP contribution in [0.25, 0.3) is 0 Å². The van der Waals surface area contributed by atoms with Crippen molar-refractivity contribution in [2.24, 2.45) is 5.92 Å². The summed E-state index contributed by atoms with van der Waals surface area (Å²) in [5.41, 5.74) is 0.00561. The SMILES string of the molecule is CCOC(=O)[C@H]1[C@H](C(C)=O)CCC(=O)N1c1cccc([N+](=O)[O-])c1. The number of nitro groups is 1. The number of piperidine rings is 1. The van der Waals surface area contributed by atoms with Crippen LogP contribution in [-0.2, 0) is 19.1 Å². The van der Waals surface area contributed by atoms with E-state index in [2.05, 4.69) is 0 Å². The second-order valence-electron chi connectivity index (χ2n) is 5.49. The molecule has 1 aliphatic heterocycles. The van der Waals surface area contributed by atoms with Crippen molar-refractivity contribution in [3.8, 4) is 0 Å². The van der Waals surface area contributed by atoms with Gasteiger partial charge >= 0.3 is 5.97 Å². The Bertz CT molecular complexity index is 687. The Morgan fingerprint density at radius 2 is 2.12 bits per heavy atom. The van der Waals surface area contributed by atoms with Crippen LogP contribution in [0.15, 0.2) is 24.3 Å². The monoisotopic (exact) mass is 334 g/mol. The van der Waals surface area contributed by atoms with E-state index in [9.17, 15) is 24.5 Å². The fourth-order valence-electron chi connectivity index (χ4n) is 2.88. The molecule has 0 aromatic heterocycles. The highest BCUT2D eigenvalue weighted by Crippen LogP contribution is 2.32. The first-order valence-electron chi connectivity index (χ1n) is 7.60. The summed E-state index contributed by atoms with van der Waals surface area (Å²) in [5, 5.41) is 11.0. The molecular weight excluding hydrogens is 316 g/mol. The zero-order chi connectivity index (χ0) is 17.9. The van der Waals surface area contributed by atoms with Crippen LogP contribution in [-0.4, -0.2) is 35.2 Å². The molecule has 0 bridgehead atoms. The Balaban J connectivity index is 2.50. The topological polar surface area (TPSA) is 107 Å². The number of hydrogen-bond acceptors (Lipinski definition) is 6. The number of carbonyl (C=O) groups is 3. The molecule has 24 heavy (non-hydrogen) atoms. The first-order chi connectivity index (χ1) is 11.4. The third-order valence-corrected chi connectivity index (χ3v) is 3.97. The number of carbonyl (C=O) groups excluding carboxylic acids is 3. The molecule has 0 aliphatic carbocycles. The highest BCUT2D eigenvalue weighted by Gasteiger charge is 2.44. The molecule has 1 heterocycles. The van der Waals surface area contributed by atoms with Crippen LogP contribution in [0.1, 0.15) is 26.7 Å². The van der Waals surface area contributed by atoms with Crippen molar-refractivity contribution in [2.45, 2.75) is 32.7 Å². The standard InChI is InChI=1S/C16H18N2O6/c1-3-24-16(21)15-13(10(2)19)7-8-14(20)17(15)11-5-4-6-12(9-11)18(22)23/h4-6,9,13,15H,3,7-8H2,1-2H3/t13-,15+/m0/s1. The molecule has 0 spiro atoms. The Morgan fingerprint density at radius 1 is 1.42 bits per heavy atom. The number of Topliss-reactive ketones (excluding diaryl/α,β-unsaturated/α-hetero) is 1. The second kappa shape index (κ2) is 7.20. The first-order valence-corrected chi connectivity index (χ1v) is 7.60. The van der Waals surface area contributed by atoms with Gasteiger partial charge < -0.3 is 4.74 Å². The lowest BCUT2D eigenvalue weighted by molar-refractivity contribution is -0.384. The van der Waals surface area contributed by atoms with Crippen LogP contribution in [0.3, 0.4) is 0 Å². The number of nitro benzene ring substituents is 1. The summed E-state index contributed by atoms with van der Waals surface area (Å²) in [6.45, 7) is 3.10. The highest BCUT2D eigenvalue weighted by atomic mass is 16.6. The number of amides is 1. The number of esters is 1. The van der Waals surface area contributed by atoms with Gasteiger partial charge in [-0.05, 0) is 26.3 Å². The third-order valence-electron chi connectivity index (χ3n) is 3.97. The third kappa shape index (κ3) is 3.42. The Morgan fingerprint density at radius 3 is 2.71 bits per heavy atom. The minimum absolute atomic E-state index is 0.0862. The van der Waals surface area contributed by atoms with Crippen LogP contribution in [0, 0.1) is 16.0 Å². The quantitative estimate of drug-likeness (QED) is 0.462. The number of ether oxygens (including phenoxy) is 1. The maximum Gasteiger partial charge on any atom is 0.329 e. The van der Waals surface area contributed by atoms with Gasteiger partial charge in [0.2, 0.25) is 5.91 Å². The normalized spacial score (nSPS) is 20.6. The van der Waals surface area contributed by atoms with Crippen LogP contribution in [0.5, 0.6) is 0 Å². The summed E-state index contributed by atoms with van der Waals surface area (Å²) in [4.78, 5) is 48.2. The number of rotatable bonds is 5. The maximum atomic E-state index is 12.4. The molecule has 128 valence electrons. The number of benzene rings is 1. The van der Waals surface area contributed by atoms with E-state index in [-0.39, 0.29) is 42.5 Å². The van der Waals surface area contributed by atoms with Crippen molar-refractivity contribution < 1.29 is 24.0 Å². The lowest BCUT2D eigenvalue weighted by Crippen LogP contribution is -2.55. The smallest absolute Gasteiger partial charge is 0.329 e. The van der Waals surface area contributed by atoms with Gasteiger partial charge in [-0.3, -0.25) is 24.6 Å². The Kier molecular flexibility index (Phi) is 5.28. The van der Waals surface area contributed by atoms with Gasteiger partial charge in [0.05, 0.1) is 17.2 Å². The summed E-state index contributed by atoms with van der Waals surface area (Å²) >= 11 is 0. The van der Waals surface area contributed by atoms with Crippen molar-refractivity contribution >= 4 is 29.0 Å². The molecule has 1 saturated heterocycles. The van der Waals surface area contributed by atoms with Crippen molar-refractivity contribution in [3.05, 3.63) is 34.4 Å². The number of hydrogen-bond donors (Lipinski definition) is 0. The van der Waals surface area contributed by atoms with E-state index in [1.807, 2.05) is 0 Å². The minimum atomic E-state index is -1.11. The van der Waals surface area contributed by atoms with Gasteiger partial charge in [-0.1, -0.05) is 6.07 Å². The summed E-state index contributed by atoms with van der Waals surface area (Å²) in [5.74, 6) is -1.97. The minimum Gasteiger partial charge on any atom is -0.464 e. The number of nitrogens with zero attached hydrogens (tertiary/aromatic N) is 2. The molecule has 2 rings (SSSR count). The summed E-state index contributed by atoms with van der Waals surface area (Å²) < 4.78 is 5.02. The Labute approximate surface area is 138 Å². The molecule has 0 radical (unpaired) electrons.